The predicted octanol–water partition coefficient (Wildman–Crippen LogP) is 1.00. The van der Waals surface area contributed by atoms with Crippen molar-refractivity contribution < 1.29 is 9.53 Å². The second kappa shape index (κ2) is 5.40. The Kier molecular flexibility index (Phi) is 3.67. The zero-order valence-corrected chi connectivity index (χ0v) is 10.6. The van der Waals surface area contributed by atoms with Crippen LogP contribution in [0.1, 0.15) is 16.1 Å². The standard InChI is InChI=1S/C12H10N4O2S/c13-10(17)7-1-3-8(4-2-7)18-12-15-6-5-9(16-12)11(14)19/h1-6H,(H2,13,17)(H2,14,19). The number of nitrogens with zero attached hydrogens (tertiary/aromatic N) is 2. The lowest BCUT2D eigenvalue weighted by Gasteiger charge is -2.05. The van der Waals surface area contributed by atoms with Crippen LogP contribution in [0.5, 0.6) is 11.8 Å². The number of carbonyl (C=O) groups is 1. The van der Waals surface area contributed by atoms with Crippen molar-refractivity contribution in [1.29, 1.82) is 0 Å². The highest BCUT2D eigenvalue weighted by Gasteiger charge is 2.05. The zero-order valence-electron chi connectivity index (χ0n) is 9.74. The van der Waals surface area contributed by atoms with Crippen LogP contribution in [0, 0.1) is 0 Å². The fraction of sp³-hybridized carbons (Fsp3) is 0. The molecule has 96 valence electrons. The summed E-state index contributed by atoms with van der Waals surface area (Å²) in [5.41, 5.74) is 11.4. The van der Waals surface area contributed by atoms with E-state index in [0.717, 1.165) is 0 Å². The number of carbonyl (C=O) groups excluding carboxylic acids is 1. The molecule has 6 nitrogen and oxygen atoms in total. The molecule has 2 rings (SSSR count). The largest absolute Gasteiger partial charge is 0.424 e. The first-order valence-electron chi connectivity index (χ1n) is 5.27. The highest BCUT2D eigenvalue weighted by Crippen LogP contribution is 2.18. The Bertz CT molecular complexity index is 628. The third-order valence-electron chi connectivity index (χ3n) is 2.23. The lowest BCUT2D eigenvalue weighted by Crippen LogP contribution is -2.12. The maximum Gasteiger partial charge on any atom is 0.322 e. The molecule has 0 fully saturated rings. The van der Waals surface area contributed by atoms with Crippen molar-refractivity contribution in [3.05, 3.63) is 47.8 Å². The molecule has 2 aromatic rings. The summed E-state index contributed by atoms with van der Waals surface area (Å²) in [6.07, 6.45) is 1.49. The van der Waals surface area contributed by atoms with Crippen LogP contribution >= 0.6 is 12.2 Å². The summed E-state index contributed by atoms with van der Waals surface area (Å²) in [6.45, 7) is 0. The molecule has 0 atom stereocenters. The third kappa shape index (κ3) is 3.23. The molecular formula is C12H10N4O2S. The Hall–Kier alpha value is -2.54. The van der Waals surface area contributed by atoms with E-state index < -0.39 is 5.91 Å². The molecule has 1 aromatic heterocycles. The number of hydrogen-bond donors (Lipinski definition) is 2. The van der Waals surface area contributed by atoms with E-state index in [9.17, 15) is 4.79 Å². The molecule has 0 aliphatic rings. The summed E-state index contributed by atoms with van der Waals surface area (Å²) in [5, 5.41) is 0. The SMILES string of the molecule is NC(=O)c1ccc(Oc2nccc(C(N)=S)n2)cc1. The molecule has 0 aliphatic carbocycles. The quantitative estimate of drug-likeness (QED) is 0.806. The predicted molar refractivity (Wildman–Crippen MR) is 73.0 cm³/mol. The van der Waals surface area contributed by atoms with Crippen LogP contribution < -0.4 is 16.2 Å². The smallest absolute Gasteiger partial charge is 0.322 e. The molecule has 7 heteroatoms. The molecule has 1 aromatic carbocycles. The van der Waals surface area contributed by atoms with Crippen molar-refractivity contribution in [2.24, 2.45) is 11.5 Å². The molecule has 1 heterocycles. The molecule has 19 heavy (non-hydrogen) atoms. The van der Waals surface area contributed by atoms with Crippen LogP contribution in [0.2, 0.25) is 0 Å². The van der Waals surface area contributed by atoms with E-state index in [-0.39, 0.29) is 11.0 Å². The molecule has 0 saturated heterocycles. The van der Waals surface area contributed by atoms with Crippen LogP contribution in [-0.4, -0.2) is 20.9 Å². The minimum absolute atomic E-state index is 0.122. The van der Waals surface area contributed by atoms with Crippen molar-refractivity contribution >= 4 is 23.1 Å². The fourth-order valence-electron chi connectivity index (χ4n) is 1.32. The summed E-state index contributed by atoms with van der Waals surface area (Å²) in [5.74, 6) is -0.0247. The Balaban J connectivity index is 2.19. The summed E-state index contributed by atoms with van der Waals surface area (Å²) in [7, 11) is 0. The Morgan fingerprint density at radius 3 is 2.42 bits per heavy atom. The van der Waals surface area contributed by atoms with Gasteiger partial charge in [0, 0.05) is 11.8 Å². The lowest BCUT2D eigenvalue weighted by atomic mass is 10.2. The Morgan fingerprint density at radius 2 is 1.84 bits per heavy atom. The molecule has 0 spiro atoms. The molecule has 0 aliphatic heterocycles. The summed E-state index contributed by atoms with van der Waals surface area (Å²) >= 11 is 4.81. The van der Waals surface area contributed by atoms with Gasteiger partial charge in [-0.15, -0.1) is 0 Å². The van der Waals surface area contributed by atoms with Crippen molar-refractivity contribution in [3.63, 3.8) is 0 Å². The first-order valence-corrected chi connectivity index (χ1v) is 5.67. The van der Waals surface area contributed by atoms with Gasteiger partial charge in [-0.2, -0.15) is 4.98 Å². The van der Waals surface area contributed by atoms with Gasteiger partial charge in [-0.3, -0.25) is 4.79 Å². The Morgan fingerprint density at radius 1 is 1.16 bits per heavy atom. The monoisotopic (exact) mass is 274 g/mol. The minimum atomic E-state index is -0.502. The number of nitrogens with two attached hydrogens (primary N) is 2. The first-order chi connectivity index (χ1) is 9.06. The van der Waals surface area contributed by atoms with E-state index in [1.54, 1.807) is 30.3 Å². The molecule has 0 saturated carbocycles. The van der Waals surface area contributed by atoms with Crippen molar-refractivity contribution in [2.45, 2.75) is 0 Å². The first kappa shape index (κ1) is 12.9. The molecule has 4 N–H and O–H groups in total. The van der Waals surface area contributed by atoms with Gasteiger partial charge in [0.05, 0.1) is 0 Å². The van der Waals surface area contributed by atoms with Gasteiger partial charge in [-0.1, -0.05) is 12.2 Å². The van der Waals surface area contributed by atoms with Crippen LogP contribution in [0.15, 0.2) is 36.5 Å². The van der Waals surface area contributed by atoms with Gasteiger partial charge in [0.15, 0.2) is 0 Å². The second-order valence-electron chi connectivity index (χ2n) is 3.58. The molecule has 0 radical (unpaired) electrons. The van der Waals surface area contributed by atoms with Gasteiger partial charge >= 0.3 is 6.01 Å². The average molecular weight is 274 g/mol. The zero-order chi connectivity index (χ0) is 13.8. The highest BCUT2D eigenvalue weighted by molar-refractivity contribution is 7.80. The van der Waals surface area contributed by atoms with Gasteiger partial charge in [0.25, 0.3) is 0 Å². The third-order valence-corrected chi connectivity index (χ3v) is 2.44. The van der Waals surface area contributed by atoms with Gasteiger partial charge in [0.1, 0.15) is 16.4 Å². The number of amides is 1. The van der Waals surface area contributed by atoms with Crippen molar-refractivity contribution in [3.8, 4) is 11.8 Å². The van der Waals surface area contributed by atoms with Gasteiger partial charge in [0.2, 0.25) is 5.91 Å². The molecule has 1 amide bonds. The number of rotatable bonds is 4. The van der Waals surface area contributed by atoms with E-state index in [0.29, 0.717) is 17.0 Å². The van der Waals surface area contributed by atoms with Crippen molar-refractivity contribution in [1.82, 2.24) is 9.97 Å². The topological polar surface area (TPSA) is 104 Å². The summed E-state index contributed by atoms with van der Waals surface area (Å²) < 4.78 is 5.41. The van der Waals surface area contributed by atoms with Gasteiger partial charge in [-0.05, 0) is 30.3 Å². The van der Waals surface area contributed by atoms with E-state index in [2.05, 4.69) is 9.97 Å². The Labute approximate surface area is 114 Å². The van der Waals surface area contributed by atoms with Crippen LogP contribution in [0.4, 0.5) is 0 Å². The van der Waals surface area contributed by atoms with Crippen LogP contribution in [0.3, 0.4) is 0 Å². The minimum Gasteiger partial charge on any atom is -0.424 e. The van der Waals surface area contributed by atoms with Gasteiger partial charge in [-0.25, -0.2) is 4.98 Å². The number of aromatic nitrogens is 2. The fourth-order valence-corrected chi connectivity index (χ4v) is 1.43. The number of benzene rings is 1. The van der Waals surface area contributed by atoms with E-state index in [4.69, 9.17) is 28.4 Å². The van der Waals surface area contributed by atoms with Crippen LogP contribution in [-0.2, 0) is 0 Å². The maximum absolute atomic E-state index is 10.9. The average Bonchev–Trinajstić information content (AvgIpc) is 2.39. The number of thiocarbonyl (C=S) groups is 1. The van der Waals surface area contributed by atoms with Gasteiger partial charge < -0.3 is 16.2 Å². The molecule has 0 bridgehead atoms. The maximum atomic E-state index is 10.9. The number of hydrogen-bond acceptors (Lipinski definition) is 5. The molecular weight excluding hydrogens is 264 g/mol. The highest BCUT2D eigenvalue weighted by atomic mass is 32.1. The van der Waals surface area contributed by atoms with E-state index in [1.165, 1.54) is 6.20 Å². The molecule has 0 unspecified atom stereocenters. The van der Waals surface area contributed by atoms with E-state index in [1.807, 2.05) is 0 Å². The number of ether oxygens (including phenoxy) is 1. The van der Waals surface area contributed by atoms with Crippen LogP contribution in [0.25, 0.3) is 0 Å². The normalized spacial score (nSPS) is 9.89. The van der Waals surface area contributed by atoms with E-state index >= 15 is 0 Å². The van der Waals surface area contributed by atoms with Crippen molar-refractivity contribution in [2.75, 3.05) is 0 Å². The second-order valence-corrected chi connectivity index (χ2v) is 4.02. The lowest BCUT2D eigenvalue weighted by molar-refractivity contribution is 0.100. The summed E-state index contributed by atoms with van der Waals surface area (Å²) in [4.78, 5) is 19.1. The number of primary amides is 1. The summed E-state index contributed by atoms with van der Waals surface area (Å²) in [6, 6.07) is 8.00.